The summed E-state index contributed by atoms with van der Waals surface area (Å²) in [6.45, 7) is 8.15. The van der Waals surface area contributed by atoms with E-state index in [9.17, 15) is 4.79 Å². The molecule has 6 heteroatoms. The van der Waals surface area contributed by atoms with Gasteiger partial charge in [0.2, 0.25) is 0 Å². The van der Waals surface area contributed by atoms with Gasteiger partial charge >= 0.3 is 0 Å². The van der Waals surface area contributed by atoms with E-state index in [4.69, 9.17) is 9.72 Å². The number of piperazine rings is 1. The molecule has 172 valence electrons. The van der Waals surface area contributed by atoms with Crippen LogP contribution in [-0.4, -0.2) is 85.1 Å². The monoisotopic (exact) mass is 444 g/mol. The van der Waals surface area contributed by atoms with Gasteiger partial charge in [0, 0.05) is 50.2 Å². The molecule has 3 aromatic rings. The van der Waals surface area contributed by atoms with Crippen LogP contribution in [-0.2, 0) is 0 Å². The van der Waals surface area contributed by atoms with Gasteiger partial charge in [-0.25, -0.2) is 4.98 Å². The highest BCUT2D eigenvalue weighted by Gasteiger charge is 2.25. The lowest BCUT2D eigenvalue weighted by molar-refractivity contribution is 0.0628. The molecule has 0 atom stereocenters. The number of carbonyl (C=O) groups excluding carboxylic acids is 1. The van der Waals surface area contributed by atoms with Crippen molar-refractivity contribution in [2.45, 2.75) is 12.8 Å². The number of hydrogen-bond donors (Lipinski definition) is 0. The second-order valence-electron chi connectivity index (χ2n) is 8.98. The second kappa shape index (κ2) is 9.89. The van der Waals surface area contributed by atoms with Crippen LogP contribution in [0.3, 0.4) is 0 Å². The Balaban J connectivity index is 1.33. The molecule has 5 rings (SSSR count). The van der Waals surface area contributed by atoms with Crippen LogP contribution in [0.15, 0.2) is 54.6 Å². The summed E-state index contributed by atoms with van der Waals surface area (Å²) in [6, 6.07) is 17.7. The number of ether oxygens (including phenoxy) is 1. The first-order valence-electron chi connectivity index (χ1n) is 12.0. The number of carbonyl (C=O) groups is 1. The predicted octanol–water partition coefficient (Wildman–Crippen LogP) is 3.76. The molecule has 1 amide bonds. The predicted molar refractivity (Wildman–Crippen MR) is 132 cm³/mol. The van der Waals surface area contributed by atoms with Gasteiger partial charge in [-0.05, 0) is 62.3 Å². The minimum Gasteiger partial charge on any atom is -0.497 e. The number of rotatable bonds is 6. The summed E-state index contributed by atoms with van der Waals surface area (Å²) in [6.07, 6.45) is 2.67. The van der Waals surface area contributed by atoms with E-state index in [1.165, 1.54) is 25.9 Å². The fraction of sp³-hybridized carbons (Fsp3) is 0.407. The van der Waals surface area contributed by atoms with Crippen LogP contribution in [0.4, 0.5) is 0 Å². The standard InChI is InChI=1S/C27H32N4O2/c1-33-22-10-8-21(9-11-22)26-20-24(23-6-2-3-7-25(23)28-26)27(32)31-18-16-30(17-19-31)15-14-29-12-4-5-13-29/h2-3,6-11,20H,4-5,12-19H2,1H3. The van der Waals surface area contributed by atoms with Crippen molar-refractivity contribution in [3.05, 3.63) is 60.2 Å². The topological polar surface area (TPSA) is 48.9 Å². The Morgan fingerprint density at radius 1 is 0.879 bits per heavy atom. The Bertz CT molecular complexity index is 1100. The van der Waals surface area contributed by atoms with Crippen molar-refractivity contribution in [3.63, 3.8) is 0 Å². The zero-order valence-electron chi connectivity index (χ0n) is 19.4. The van der Waals surface area contributed by atoms with Gasteiger partial charge in [0.05, 0.1) is 23.9 Å². The summed E-state index contributed by atoms with van der Waals surface area (Å²) in [7, 11) is 1.66. The summed E-state index contributed by atoms with van der Waals surface area (Å²) in [5.74, 6) is 0.904. The number of para-hydroxylation sites is 1. The van der Waals surface area contributed by atoms with Crippen LogP contribution in [0.2, 0.25) is 0 Å². The lowest BCUT2D eigenvalue weighted by atomic mass is 10.0. The van der Waals surface area contributed by atoms with E-state index in [1.807, 2.05) is 59.5 Å². The first-order valence-corrected chi connectivity index (χ1v) is 12.0. The van der Waals surface area contributed by atoms with Gasteiger partial charge in [-0.15, -0.1) is 0 Å². The summed E-state index contributed by atoms with van der Waals surface area (Å²) >= 11 is 0. The van der Waals surface area contributed by atoms with E-state index in [2.05, 4.69) is 9.80 Å². The smallest absolute Gasteiger partial charge is 0.254 e. The summed E-state index contributed by atoms with van der Waals surface area (Å²) < 4.78 is 5.28. The van der Waals surface area contributed by atoms with E-state index in [0.717, 1.165) is 72.7 Å². The highest BCUT2D eigenvalue weighted by Crippen LogP contribution is 2.27. The molecule has 2 aliphatic heterocycles. The molecule has 0 bridgehead atoms. The number of amides is 1. The van der Waals surface area contributed by atoms with E-state index in [1.54, 1.807) is 7.11 Å². The van der Waals surface area contributed by atoms with Gasteiger partial charge in [-0.1, -0.05) is 18.2 Å². The number of aromatic nitrogens is 1. The first-order chi connectivity index (χ1) is 16.2. The van der Waals surface area contributed by atoms with E-state index < -0.39 is 0 Å². The van der Waals surface area contributed by atoms with Crippen molar-refractivity contribution in [1.29, 1.82) is 0 Å². The normalized spacial score (nSPS) is 17.5. The van der Waals surface area contributed by atoms with Crippen molar-refractivity contribution in [3.8, 4) is 17.0 Å². The van der Waals surface area contributed by atoms with Gasteiger partial charge in [-0.2, -0.15) is 0 Å². The minimum absolute atomic E-state index is 0.0996. The average molecular weight is 445 g/mol. The Morgan fingerprint density at radius 2 is 1.55 bits per heavy atom. The zero-order chi connectivity index (χ0) is 22.6. The molecule has 6 nitrogen and oxygen atoms in total. The Morgan fingerprint density at radius 3 is 2.24 bits per heavy atom. The Kier molecular flexibility index (Phi) is 6.55. The van der Waals surface area contributed by atoms with Crippen LogP contribution in [0.1, 0.15) is 23.2 Å². The molecule has 0 spiro atoms. The van der Waals surface area contributed by atoms with Crippen LogP contribution in [0.5, 0.6) is 5.75 Å². The molecular formula is C27H32N4O2. The van der Waals surface area contributed by atoms with Crippen LogP contribution >= 0.6 is 0 Å². The molecule has 33 heavy (non-hydrogen) atoms. The number of likely N-dealkylation sites (tertiary alicyclic amines) is 1. The van der Waals surface area contributed by atoms with Crippen molar-refractivity contribution in [2.75, 3.05) is 59.5 Å². The summed E-state index contributed by atoms with van der Waals surface area (Å²) in [4.78, 5) is 25.5. The zero-order valence-corrected chi connectivity index (χ0v) is 19.4. The third-order valence-electron chi connectivity index (χ3n) is 6.92. The molecular weight excluding hydrogens is 412 g/mol. The molecule has 0 saturated carbocycles. The van der Waals surface area contributed by atoms with E-state index >= 15 is 0 Å². The average Bonchev–Trinajstić information content (AvgIpc) is 3.40. The highest BCUT2D eigenvalue weighted by atomic mass is 16.5. The van der Waals surface area contributed by atoms with Gasteiger partial charge in [0.15, 0.2) is 0 Å². The Labute approximate surface area is 195 Å². The number of hydrogen-bond acceptors (Lipinski definition) is 5. The largest absolute Gasteiger partial charge is 0.497 e. The van der Waals surface area contributed by atoms with Gasteiger partial charge in [0.1, 0.15) is 5.75 Å². The van der Waals surface area contributed by atoms with Crippen molar-refractivity contribution in [2.24, 2.45) is 0 Å². The third kappa shape index (κ3) is 4.87. The quantitative estimate of drug-likeness (QED) is 0.579. The third-order valence-corrected chi connectivity index (χ3v) is 6.92. The maximum Gasteiger partial charge on any atom is 0.254 e. The lowest BCUT2D eigenvalue weighted by Crippen LogP contribution is -2.50. The summed E-state index contributed by atoms with van der Waals surface area (Å²) in [5, 5.41) is 0.913. The van der Waals surface area contributed by atoms with Gasteiger partial charge in [0.25, 0.3) is 5.91 Å². The van der Waals surface area contributed by atoms with Crippen molar-refractivity contribution < 1.29 is 9.53 Å². The molecule has 0 aliphatic carbocycles. The lowest BCUT2D eigenvalue weighted by Gasteiger charge is -2.35. The maximum absolute atomic E-state index is 13.6. The molecule has 0 radical (unpaired) electrons. The van der Waals surface area contributed by atoms with Gasteiger partial charge < -0.3 is 14.5 Å². The van der Waals surface area contributed by atoms with Crippen molar-refractivity contribution >= 4 is 16.8 Å². The van der Waals surface area contributed by atoms with Crippen molar-refractivity contribution in [1.82, 2.24) is 19.7 Å². The van der Waals surface area contributed by atoms with Gasteiger partial charge in [-0.3, -0.25) is 9.69 Å². The molecule has 1 aromatic heterocycles. The first kappa shape index (κ1) is 21.9. The molecule has 2 fully saturated rings. The molecule has 0 unspecified atom stereocenters. The van der Waals surface area contributed by atoms with Crippen LogP contribution < -0.4 is 4.74 Å². The number of nitrogens with zero attached hydrogens (tertiary/aromatic N) is 4. The Hall–Kier alpha value is -2.96. The second-order valence-corrected chi connectivity index (χ2v) is 8.98. The maximum atomic E-state index is 13.6. The van der Waals surface area contributed by atoms with Crippen LogP contribution in [0, 0.1) is 0 Å². The van der Waals surface area contributed by atoms with Crippen LogP contribution in [0.25, 0.3) is 22.2 Å². The molecule has 2 aliphatic rings. The number of benzene rings is 2. The van der Waals surface area contributed by atoms with E-state index in [0.29, 0.717) is 0 Å². The SMILES string of the molecule is COc1ccc(-c2cc(C(=O)N3CCN(CCN4CCCC4)CC3)c3ccccc3n2)cc1. The number of pyridine rings is 1. The molecule has 2 aromatic carbocycles. The molecule has 3 heterocycles. The molecule has 0 N–H and O–H groups in total. The fourth-order valence-corrected chi connectivity index (χ4v) is 4.90. The minimum atomic E-state index is 0.0996. The number of fused-ring (bicyclic) bond motifs is 1. The number of methoxy groups -OCH3 is 1. The summed E-state index contributed by atoms with van der Waals surface area (Å²) in [5.41, 5.74) is 3.36. The van der Waals surface area contributed by atoms with E-state index in [-0.39, 0.29) is 5.91 Å². The molecule has 2 saturated heterocycles. The fourth-order valence-electron chi connectivity index (χ4n) is 4.90. The highest BCUT2D eigenvalue weighted by molar-refractivity contribution is 6.07.